The molecule has 0 unspecified atom stereocenters. The van der Waals surface area contributed by atoms with E-state index < -0.39 is 5.91 Å². The topological polar surface area (TPSA) is 102 Å². The molecule has 8 nitrogen and oxygen atoms in total. The Morgan fingerprint density at radius 3 is 2.48 bits per heavy atom. The van der Waals surface area contributed by atoms with Crippen LogP contribution >= 0.6 is 0 Å². The number of nitrogens with two attached hydrogens (primary N) is 1. The van der Waals surface area contributed by atoms with E-state index in [2.05, 4.69) is 10.1 Å². The third-order valence-electron chi connectivity index (χ3n) is 4.24. The Balaban J connectivity index is 1.62. The van der Waals surface area contributed by atoms with Crippen LogP contribution in [0.1, 0.15) is 26.4 Å². The highest BCUT2D eigenvalue weighted by Gasteiger charge is 2.25. The van der Waals surface area contributed by atoms with Gasteiger partial charge in [-0.15, -0.1) is 0 Å². The summed E-state index contributed by atoms with van der Waals surface area (Å²) in [5, 5.41) is 3.81. The summed E-state index contributed by atoms with van der Waals surface area (Å²) in [5.74, 6) is -0.542. The lowest BCUT2D eigenvalue weighted by Crippen LogP contribution is -2.48. The number of aromatic nitrogens is 1. The van der Waals surface area contributed by atoms with E-state index in [1.165, 1.54) is 6.26 Å². The number of carbonyl (C=O) groups excluding carboxylic acids is 2. The second-order valence-corrected chi connectivity index (χ2v) is 5.80. The van der Waals surface area contributed by atoms with Gasteiger partial charge in [-0.05, 0) is 24.3 Å². The molecule has 2 N–H and O–H groups in total. The molecule has 1 fully saturated rings. The highest BCUT2D eigenvalue weighted by atomic mass is 16.5. The number of anilines is 1. The number of benzene rings is 1. The fourth-order valence-corrected chi connectivity index (χ4v) is 2.85. The average molecular weight is 344 g/mol. The molecule has 0 atom stereocenters. The first-order valence-electron chi connectivity index (χ1n) is 7.96. The molecular formula is C17H20N4O4. The van der Waals surface area contributed by atoms with Gasteiger partial charge in [0.15, 0.2) is 0 Å². The van der Waals surface area contributed by atoms with Crippen molar-refractivity contribution in [3.05, 3.63) is 47.3 Å². The van der Waals surface area contributed by atoms with E-state index in [1.807, 2.05) is 12.1 Å². The molecule has 25 heavy (non-hydrogen) atoms. The smallest absolute Gasteiger partial charge is 0.259 e. The molecule has 1 aromatic carbocycles. The number of amides is 2. The fraction of sp³-hybridized carbons (Fsp3) is 0.353. The van der Waals surface area contributed by atoms with Crippen molar-refractivity contribution in [2.24, 2.45) is 5.73 Å². The summed E-state index contributed by atoms with van der Waals surface area (Å²) in [5.41, 5.74) is 7.70. The van der Waals surface area contributed by atoms with Gasteiger partial charge in [0.1, 0.15) is 17.5 Å². The number of piperazine rings is 1. The Kier molecular flexibility index (Phi) is 4.99. The number of nitrogens with zero attached hydrogens (tertiary/aromatic N) is 3. The SMILES string of the molecule is COCc1nocc1C(=O)N1CCN(c2ccc(C(N)=O)cc2)CC1. The zero-order valence-electron chi connectivity index (χ0n) is 14.0. The fourth-order valence-electron chi connectivity index (χ4n) is 2.85. The summed E-state index contributed by atoms with van der Waals surface area (Å²) in [6.45, 7) is 2.82. The number of carbonyl (C=O) groups is 2. The maximum atomic E-state index is 12.6. The molecule has 3 rings (SSSR count). The maximum absolute atomic E-state index is 12.6. The molecule has 132 valence electrons. The summed E-state index contributed by atoms with van der Waals surface area (Å²) >= 11 is 0. The minimum atomic E-state index is -0.442. The van der Waals surface area contributed by atoms with Gasteiger partial charge in [0.25, 0.3) is 5.91 Å². The Bertz CT molecular complexity index is 748. The Labute approximate surface area is 145 Å². The van der Waals surface area contributed by atoms with Gasteiger partial charge < -0.3 is 24.8 Å². The Morgan fingerprint density at radius 2 is 1.88 bits per heavy atom. The summed E-state index contributed by atoms with van der Waals surface area (Å²) in [4.78, 5) is 27.7. The molecule has 0 saturated carbocycles. The average Bonchev–Trinajstić information content (AvgIpc) is 3.10. The van der Waals surface area contributed by atoms with E-state index in [9.17, 15) is 9.59 Å². The quantitative estimate of drug-likeness (QED) is 0.864. The van der Waals surface area contributed by atoms with Crippen molar-refractivity contribution >= 4 is 17.5 Å². The van der Waals surface area contributed by atoms with Crippen molar-refractivity contribution in [3.63, 3.8) is 0 Å². The zero-order chi connectivity index (χ0) is 17.8. The van der Waals surface area contributed by atoms with Crippen molar-refractivity contribution in [2.45, 2.75) is 6.61 Å². The van der Waals surface area contributed by atoms with Crippen LogP contribution in [-0.4, -0.2) is 55.2 Å². The predicted octanol–water partition coefficient (Wildman–Crippen LogP) is 0.882. The van der Waals surface area contributed by atoms with Gasteiger partial charge in [0.2, 0.25) is 5.91 Å². The molecule has 8 heteroatoms. The predicted molar refractivity (Wildman–Crippen MR) is 90.3 cm³/mol. The minimum Gasteiger partial charge on any atom is -0.378 e. The van der Waals surface area contributed by atoms with Crippen LogP contribution in [0.15, 0.2) is 35.1 Å². The summed E-state index contributed by atoms with van der Waals surface area (Å²) in [7, 11) is 1.55. The lowest BCUT2D eigenvalue weighted by atomic mass is 10.1. The maximum Gasteiger partial charge on any atom is 0.259 e. The third kappa shape index (κ3) is 3.63. The largest absolute Gasteiger partial charge is 0.378 e. The van der Waals surface area contributed by atoms with Crippen LogP contribution in [-0.2, 0) is 11.3 Å². The molecule has 0 bridgehead atoms. The molecule has 1 aliphatic rings. The highest BCUT2D eigenvalue weighted by Crippen LogP contribution is 2.19. The minimum absolute atomic E-state index is 0.1000. The number of primary amides is 1. The van der Waals surface area contributed by atoms with E-state index in [-0.39, 0.29) is 12.5 Å². The summed E-state index contributed by atoms with van der Waals surface area (Å²) < 4.78 is 9.94. The summed E-state index contributed by atoms with van der Waals surface area (Å²) in [6, 6.07) is 7.16. The van der Waals surface area contributed by atoms with Crippen LogP contribution in [0.5, 0.6) is 0 Å². The summed E-state index contributed by atoms with van der Waals surface area (Å²) in [6.07, 6.45) is 1.37. The first-order chi connectivity index (χ1) is 12.1. The van der Waals surface area contributed by atoms with Gasteiger partial charge in [-0.3, -0.25) is 9.59 Å². The number of rotatable bonds is 5. The van der Waals surface area contributed by atoms with E-state index in [4.69, 9.17) is 15.0 Å². The normalized spacial score (nSPS) is 14.6. The van der Waals surface area contributed by atoms with Crippen LogP contribution in [0.4, 0.5) is 5.69 Å². The highest BCUT2D eigenvalue weighted by molar-refractivity contribution is 5.95. The number of hydrogen-bond acceptors (Lipinski definition) is 6. The molecule has 0 radical (unpaired) electrons. The molecule has 0 aliphatic carbocycles. The lowest BCUT2D eigenvalue weighted by Gasteiger charge is -2.36. The van der Waals surface area contributed by atoms with E-state index in [0.717, 1.165) is 5.69 Å². The van der Waals surface area contributed by atoms with Crippen LogP contribution in [0, 0.1) is 0 Å². The standard InChI is InChI=1S/C17H20N4O4/c1-24-11-15-14(10-25-19-15)17(23)21-8-6-20(7-9-21)13-4-2-12(3-5-13)16(18)22/h2-5,10H,6-9,11H2,1H3,(H2,18,22). The van der Waals surface area contributed by atoms with Crippen molar-refractivity contribution in [3.8, 4) is 0 Å². The monoisotopic (exact) mass is 344 g/mol. The van der Waals surface area contributed by atoms with E-state index in [0.29, 0.717) is 43.0 Å². The first-order valence-corrected chi connectivity index (χ1v) is 7.96. The van der Waals surface area contributed by atoms with Crippen molar-refractivity contribution < 1.29 is 18.8 Å². The molecule has 0 spiro atoms. The van der Waals surface area contributed by atoms with Crippen LogP contribution < -0.4 is 10.6 Å². The van der Waals surface area contributed by atoms with Gasteiger partial charge in [-0.25, -0.2) is 0 Å². The second kappa shape index (κ2) is 7.35. The van der Waals surface area contributed by atoms with Crippen molar-refractivity contribution in [1.82, 2.24) is 10.1 Å². The zero-order valence-corrected chi connectivity index (χ0v) is 14.0. The third-order valence-corrected chi connectivity index (χ3v) is 4.24. The van der Waals surface area contributed by atoms with Gasteiger partial charge in [0, 0.05) is 44.5 Å². The van der Waals surface area contributed by atoms with E-state index in [1.54, 1.807) is 24.1 Å². The number of hydrogen-bond donors (Lipinski definition) is 1. The van der Waals surface area contributed by atoms with Gasteiger partial charge in [-0.1, -0.05) is 5.16 Å². The second-order valence-electron chi connectivity index (χ2n) is 5.80. The van der Waals surface area contributed by atoms with Crippen molar-refractivity contribution in [2.75, 3.05) is 38.2 Å². The molecule has 2 aromatic rings. The molecule has 1 saturated heterocycles. The number of methoxy groups -OCH3 is 1. The van der Waals surface area contributed by atoms with Crippen LogP contribution in [0.3, 0.4) is 0 Å². The molecule has 1 aliphatic heterocycles. The molecule has 1 aromatic heterocycles. The molecule has 2 heterocycles. The van der Waals surface area contributed by atoms with E-state index >= 15 is 0 Å². The van der Waals surface area contributed by atoms with Gasteiger partial charge in [-0.2, -0.15) is 0 Å². The van der Waals surface area contributed by atoms with Crippen molar-refractivity contribution in [1.29, 1.82) is 0 Å². The van der Waals surface area contributed by atoms with Crippen LogP contribution in [0.2, 0.25) is 0 Å². The molecular weight excluding hydrogens is 324 g/mol. The Morgan fingerprint density at radius 1 is 1.20 bits per heavy atom. The Hall–Kier alpha value is -2.87. The van der Waals surface area contributed by atoms with Gasteiger partial charge in [0.05, 0.1) is 6.61 Å². The first kappa shape index (κ1) is 17.0. The molecule has 2 amide bonds. The van der Waals surface area contributed by atoms with Crippen LogP contribution in [0.25, 0.3) is 0 Å². The lowest BCUT2D eigenvalue weighted by molar-refractivity contribution is 0.0741. The van der Waals surface area contributed by atoms with Gasteiger partial charge >= 0.3 is 0 Å². The number of ether oxygens (including phenoxy) is 1.